The number of H-pyrrole nitrogens is 1. The number of nitrogens with zero attached hydrogens (tertiary/aromatic N) is 1. The highest BCUT2D eigenvalue weighted by atomic mass is 16.5. The number of hydrogen-bond acceptors (Lipinski definition) is 5. The van der Waals surface area contributed by atoms with Crippen molar-refractivity contribution in [1.29, 1.82) is 0 Å². The molecule has 1 atom stereocenters. The van der Waals surface area contributed by atoms with Crippen LogP contribution in [-0.2, 0) is 11.2 Å². The van der Waals surface area contributed by atoms with Crippen LogP contribution in [0.1, 0.15) is 40.5 Å². The summed E-state index contributed by atoms with van der Waals surface area (Å²) in [5.41, 5.74) is 2.28. The number of nitrogens with one attached hydrogen (secondary N) is 2. The van der Waals surface area contributed by atoms with Crippen molar-refractivity contribution in [3.05, 3.63) is 81.3 Å². The van der Waals surface area contributed by atoms with E-state index in [2.05, 4.69) is 15.3 Å². The Balaban J connectivity index is 1.94. The van der Waals surface area contributed by atoms with Crippen molar-refractivity contribution in [3.63, 3.8) is 0 Å². The molecule has 0 aliphatic carbocycles. The van der Waals surface area contributed by atoms with Gasteiger partial charge in [0.1, 0.15) is 17.6 Å². The highest BCUT2D eigenvalue weighted by molar-refractivity contribution is 5.98. The normalized spacial score (nSPS) is 11.6. The van der Waals surface area contributed by atoms with Gasteiger partial charge in [-0.1, -0.05) is 37.3 Å². The third-order valence-electron chi connectivity index (χ3n) is 5.24. The molecule has 0 bridgehead atoms. The van der Waals surface area contributed by atoms with Crippen molar-refractivity contribution in [2.45, 2.75) is 39.7 Å². The molecule has 8 heteroatoms. The number of carboxylic acids is 1. The van der Waals surface area contributed by atoms with Gasteiger partial charge in [-0.15, -0.1) is 0 Å². The first-order valence-electron chi connectivity index (χ1n) is 10.7. The molecule has 0 saturated carbocycles. The van der Waals surface area contributed by atoms with Crippen LogP contribution in [0.25, 0.3) is 11.4 Å². The molecule has 1 unspecified atom stereocenters. The van der Waals surface area contributed by atoms with E-state index in [-0.39, 0.29) is 23.4 Å². The summed E-state index contributed by atoms with van der Waals surface area (Å²) in [7, 11) is 0. The summed E-state index contributed by atoms with van der Waals surface area (Å²) in [5, 5.41) is 12.2. The average Bonchev–Trinajstić information content (AvgIpc) is 2.80. The maximum atomic E-state index is 12.9. The molecule has 0 spiro atoms. The van der Waals surface area contributed by atoms with Gasteiger partial charge in [0.2, 0.25) is 0 Å². The Morgan fingerprint density at radius 1 is 1.15 bits per heavy atom. The Kier molecular flexibility index (Phi) is 7.61. The predicted octanol–water partition coefficient (Wildman–Crippen LogP) is 3.27. The third kappa shape index (κ3) is 5.85. The number of aromatic nitrogens is 2. The van der Waals surface area contributed by atoms with Crippen LogP contribution in [0.15, 0.2) is 53.3 Å². The lowest BCUT2D eigenvalue weighted by atomic mass is 10.0. The van der Waals surface area contributed by atoms with Crippen molar-refractivity contribution < 1.29 is 19.4 Å². The van der Waals surface area contributed by atoms with E-state index in [1.54, 1.807) is 32.0 Å². The Morgan fingerprint density at radius 2 is 1.88 bits per heavy atom. The summed E-state index contributed by atoms with van der Waals surface area (Å²) in [6, 6.07) is 12.7. The van der Waals surface area contributed by atoms with Crippen LogP contribution in [0.4, 0.5) is 0 Å². The number of benzene rings is 2. The first kappa shape index (κ1) is 23.7. The largest absolute Gasteiger partial charge is 0.493 e. The predicted molar refractivity (Wildman–Crippen MR) is 125 cm³/mol. The highest BCUT2D eigenvalue weighted by Crippen LogP contribution is 2.29. The van der Waals surface area contributed by atoms with Crippen LogP contribution in [0, 0.1) is 13.8 Å². The Bertz CT molecular complexity index is 1200. The second kappa shape index (κ2) is 10.6. The number of carbonyl (C=O) groups is 2. The zero-order valence-corrected chi connectivity index (χ0v) is 18.8. The maximum absolute atomic E-state index is 12.9. The van der Waals surface area contributed by atoms with E-state index < -0.39 is 17.9 Å². The molecule has 3 aromatic rings. The summed E-state index contributed by atoms with van der Waals surface area (Å²) >= 11 is 0. The average molecular weight is 450 g/mol. The van der Waals surface area contributed by atoms with Gasteiger partial charge in [-0.05, 0) is 44.0 Å². The van der Waals surface area contributed by atoms with E-state index in [0.717, 1.165) is 12.0 Å². The molecule has 1 heterocycles. The first-order chi connectivity index (χ1) is 15.8. The fourth-order valence-corrected chi connectivity index (χ4v) is 3.26. The van der Waals surface area contributed by atoms with Crippen LogP contribution >= 0.6 is 0 Å². The van der Waals surface area contributed by atoms with E-state index in [9.17, 15) is 19.5 Å². The van der Waals surface area contributed by atoms with Crippen molar-refractivity contribution in [2.24, 2.45) is 0 Å². The number of aliphatic carboxylic acids is 1. The second-order valence-electron chi connectivity index (χ2n) is 7.74. The number of carbonyl (C=O) groups excluding carboxylic acids is 1. The van der Waals surface area contributed by atoms with Gasteiger partial charge in [0.05, 0.1) is 12.2 Å². The van der Waals surface area contributed by atoms with E-state index >= 15 is 0 Å². The van der Waals surface area contributed by atoms with E-state index in [0.29, 0.717) is 29.2 Å². The summed E-state index contributed by atoms with van der Waals surface area (Å²) in [5.74, 6) is -0.926. The molecule has 33 heavy (non-hydrogen) atoms. The number of aromatic amines is 1. The fraction of sp³-hybridized carbons (Fsp3) is 0.280. The summed E-state index contributed by atoms with van der Waals surface area (Å²) in [6.45, 7) is 5.84. The molecule has 0 fully saturated rings. The number of aryl methyl sites for hydroxylation is 1. The van der Waals surface area contributed by atoms with Crippen molar-refractivity contribution in [2.75, 3.05) is 6.61 Å². The highest BCUT2D eigenvalue weighted by Gasteiger charge is 2.22. The van der Waals surface area contributed by atoms with Gasteiger partial charge < -0.3 is 20.1 Å². The Morgan fingerprint density at radius 3 is 2.52 bits per heavy atom. The van der Waals surface area contributed by atoms with Crippen molar-refractivity contribution in [1.82, 2.24) is 15.3 Å². The van der Waals surface area contributed by atoms with Crippen LogP contribution in [0.3, 0.4) is 0 Å². The van der Waals surface area contributed by atoms with Crippen LogP contribution < -0.4 is 15.6 Å². The molecule has 8 nitrogen and oxygen atoms in total. The maximum Gasteiger partial charge on any atom is 0.326 e. The minimum Gasteiger partial charge on any atom is -0.493 e. The zero-order valence-electron chi connectivity index (χ0n) is 18.8. The van der Waals surface area contributed by atoms with E-state index in [4.69, 9.17) is 4.74 Å². The van der Waals surface area contributed by atoms with Gasteiger partial charge in [-0.3, -0.25) is 9.59 Å². The first-order valence-corrected chi connectivity index (χ1v) is 10.7. The summed E-state index contributed by atoms with van der Waals surface area (Å²) in [6.07, 6.45) is 0.927. The molecular formula is C25H27N3O5. The smallest absolute Gasteiger partial charge is 0.326 e. The molecule has 0 aliphatic heterocycles. The molecule has 2 aromatic carbocycles. The number of hydrogen-bond donors (Lipinski definition) is 3. The number of rotatable bonds is 9. The van der Waals surface area contributed by atoms with E-state index in [1.165, 1.54) is 0 Å². The van der Waals surface area contributed by atoms with Crippen LogP contribution in [0.2, 0.25) is 0 Å². The molecule has 0 saturated heterocycles. The summed E-state index contributed by atoms with van der Waals surface area (Å²) in [4.78, 5) is 44.2. The molecule has 0 aliphatic rings. The molecule has 172 valence electrons. The molecule has 1 aromatic heterocycles. The SMILES string of the molecule is CCCOc1ccc(C(=O)NC(Cc2ccccc2)C(=O)O)cc1-c1nc(C)c(C)c(=O)[nH]1. The van der Waals surface area contributed by atoms with Gasteiger partial charge in [0, 0.05) is 23.2 Å². The van der Waals surface area contributed by atoms with Gasteiger partial charge in [0.15, 0.2) is 0 Å². The minimum atomic E-state index is -1.13. The van der Waals surface area contributed by atoms with Crippen molar-refractivity contribution >= 4 is 11.9 Å². The van der Waals surface area contributed by atoms with Gasteiger partial charge in [-0.2, -0.15) is 0 Å². The molecule has 3 N–H and O–H groups in total. The monoisotopic (exact) mass is 449 g/mol. The van der Waals surface area contributed by atoms with Crippen LogP contribution in [0.5, 0.6) is 5.75 Å². The quantitative estimate of drug-likeness (QED) is 0.461. The standard InChI is InChI=1S/C25H27N3O5/c1-4-12-33-21-11-10-18(14-19(21)22-26-16(3)15(2)23(29)28-22)24(30)27-20(25(31)32)13-17-8-6-5-7-9-17/h5-11,14,20H,4,12-13H2,1-3H3,(H,27,30)(H,31,32)(H,26,28,29). The second-order valence-corrected chi connectivity index (χ2v) is 7.74. The molecule has 3 rings (SSSR count). The van der Waals surface area contributed by atoms with E-state index in [1.807, 2.05) is 37.3 Å². The van der Waals surface area contributed by atoms with Gasteiger partial charge >= 0.3 is 5.97 Å². The Hall–Kier alpha value is -3.94. The lowest BCUT2D eigenvalue weighted by Gasteiger charge is -2.16. The zero-order chi connectivity index (χ0) is 24.0. The minimum absolute atomic E-state index is 0.151. The lowest BCUT2D eigenvalue weighted by Crippen LogP contribution is -2.42. The fourth-order valence-electron chi connectivity index (χ4n) is 3.26. The van der Waals surface area contributed by atoms with Crippen LogP contribution in [-0.4, -0.2) is 39.6 Å². The van der Waals surface area contributed by atoms with Gasteiger partial charge in [-0.25, -0.2) is 9.78 Å². The number of ether oxygens (including phenoxy) is 1. The molecule has 1 amide bonds. The number of amides is 1. The summed E-state index contributed by atoms with van der Waals surface area (Å²) < 4.78 is 5.80. The van der Waals surface area contributed by atoms with Gasteiger partial charge in [0.25, 0.3) is 11.5 Å². The lowest BCUT2D eigenvalue weighted by molar-refractivity contribution is -0.139. The topological polar surface area (TPSA) is 121 Å². The molecular weight excluding hydrogens is 422 g/mol. The molecule has 0 radical (unpaired) electrons. The third-order valence-corrected chi connectivity index (χ3v) is 5.24. The number of carboxylic acid groups (broad SMARTS) is 1. The Labute approximate surface area is 191 Å². The van der Waals surface area contributed by atoms with Crippen molar-refractivity contribution in [3.8, 4) is 17.1 Å².